The molecule has 3 aromatic carbocycles. The van der Waals surface area contributed by atoms with E-state index in [0.29, 0.717) is 5.56 Å². The molecule has 0 saturated carbocycles. The first kappa shape index (κ1) is 22.6. The summed E-state index contributed by atoms with van der Waals surface area (Å²) in [5, 5.41) is 33.8. The van der Waals surface area contributed by atoms with Gasteiger partial charge in [0.15, 0.2) is 0 Å². The summed E-state index contributed by atoms with van der Waals surface area (Å²) in [6.07, 6.45) is 1.24. The van der Waals surface area contributed by atoms with Crippen LogP contribution in [-0.2, 0) is 4.79 Å². The van der Waals surface area contributed by atoms with E-state index >= 15 is 0 Å². The Morgan fingerprint density at radius 1 is 0.909 bits per heavy atom. The zero-order chi connectivity index (χ0) is 24.0. The maximum absolute atomic E-state index is 12.2. The predicted octanol–water partition coefficient (Wildman–Crippen LogP) is 4.15. The highest BCUT2D eigenvalue weighted by Gasteiger charge is 2.21. The van der Waals surface area contributed by atoms with Gasteiger partial charge in [-0.15, -0.1) is 0 Å². The van der Waals surface area contributed by atoms with Gasteiger partial charge in [-0.05, 0) is 42.0 Å². The summed E-state index contributed by atoms with van der Waals surface area (Å²) >= 11 is 0. The Balaban J connectivity index is 1.79. The standard InChI is InChI=1S/C22H15N3O8/c26-21(15-4-2-1-3-5-15)23-18(22(27)28)12-14-6-9-17(10-7-14)33-20-11-8-16(24(29)30)13-19(20)25(31)32/h1-13H,(H,23,26)(H,27,28)/b18-12+. The number of hydrogen-bond donors (Lipinski definition) is 2. The number of non-ortho nitro benzene ring substituents is 1. The third-order valence-electron chi connectivity index (χ3n) is 4.28. The average Bonchev–Trinajstić information content (AvgIpc) is 2.80. The number of nitrogens with zero attached hydrogens (tertiary/aromatic N) is 2. The first-order chi connectivity index (χ1) is 15.7. The molecule has 0 saturated heterocycles. The van der Waals surface area contributed by atoms with Crippen LogP contribution in [0.2, 0.25) is 0 Å². The van der Waals surface area contributed by atoms with E-state index in [2.05, 4.69) is 5.32 Å². The molecular formula is C22H15N3O8. The highest BCUT2D eigenvalue weighted by Crippen LogP contribution is 2.34. The molecule has 2 N–H and O–H groups in total. The predicted molar refractivity (Wildman–Crippen MR) is 116 cm³/mol. The van der Waals surface area contributed by atoms with Crippen LogP contribution in [0.4, 0.5) is 11.4 Å². The van der Waals surface area contributed by atoms with Gasteiger partial charge in [-0.3, -0.25) is 25.0 Å². The Kier molecular flexibility index (Phi) is 6.74. The van der Waals surface area contributed by atoms with Gasteiger partial charge in [0, 0.05) is 11.6 Å². The average molecular weight is 449 g/mol. The second-order valence-corrected chi connectivity index (χ2v) is 6.52. The Hall–Kier alpha value is -5.06. The molecule has 3 rings (SSSR count). The minimum absolute atomic E-state index is 0.175. The van der Waals surface area contributed by atoms with Crippen LogP contribution in [0.15, 0.2) is 78.5 Å². The van der Waals surface area contributed by atoms with Crippen LogP contribution in [0, 0.1) is 20.2 Å². The number of carbonyl (C=O) groups excluding carboxylic acids is 1. The van der Waals surface area contributed by atoms with E-state index in [1.165, 1.54) is 30.3 Å². The second kappa shape index (κ2) is 9.83. The number of carboxylic acid groups (broad SMARTS) is 1. The Morgan fingerprint density at radius 3 is 2.15 bits per heavy atom. The van der Waals surface area contributed by atoms with Crippen LogP contribution in [-0.4, -0.2) is 26.8 Å². The van der Waals surface area contributed by atoms with Crippen LogP contribution < -0.4 is 10.1 Å². The van der Waals surface area contributed by atoms with Crippen molar-refractivity contribution in [3.05, 3.63) is 110 Å². The minimum atomic E-state index is -1.35. The van der Waals surface area contributed by atoms with Crippen LogP contribution in [0.25, 0.3) is 6.08 Å². The summed E-state index contributed by atoms with van der Waals surface area (Å²) in [5.41, 5.74) is -0.689. The highest BCUT2D eigenvalue weighted by molar-refractivity contribution is 6.02. The summed E-state index contributed by atoms with van der Waals surface area (Å²) < 4.78 is 5.46. The van der Waals surface area contributed by atoms with Crippen molar-refractivity contribution in [1.82, 2.24) is 5.32 Å². The highest BCUT2D eigenvalue weighted by atomic mass is 16.6. The number of nitrogens with one attached hydrogen (secondary N) is 1. The number of nitro groups is 2. The van der Waals surface area contributed by atoms with Crippen molar-refractivity contribution in [3.8, 4) is 11.5 Å². The number of nitro benzene ring substituents is 2. The van der Waals surface area contributed by atoms with Gasteiger partial charge in [-0.25, -0.2) is 4.79 Å². The van der Waals surface area contributed by atoms with Gasteiger partial charge in [0.1, 0.15) is 11.4 Å². The first-order valence-electron chi connectivity index (χ1n) is 9.27. The van der Waals surface area contributed by atoms with Crippen molar-refractivity contribution < 1.29 is 29.3 Å². The van der Waals surface area contributed by atoms with E-state index in [1.807, 2.05) is 0 Å². The second-order valence-electron chi connectivity index (χ2n) is 6.52. The fraction of sp³-hybridized carbons (Fsp3) is 0. The molecule has 0 bridgehead atoms. The van der Waals surface area contributed by atoms with Crippen molar-refractivity contribution >= 4 is 29.3 Å². The van der Waals surface area contributed by atoms with E-state index in [0.717, 1.165) is 18.2 Å². The molecule has 11 heteroatoms. The topological polar surface area (TPSA) is 162 Å². The SMILES string of the molecule is O=C(O)/C(=C\c1ccc(Oc2ccc([N+](=O)[O-])cc2[N+](=O)[O-])cc1)NC(=O)c1ccccc1. The Morgan fingerprint density at radius 2 is 1.58 bits per heavy atom. The Bertz CT molecular complexity index is 1250. The van der Waals surface area contributed by atoms with E-state index in [4.69, 9.17) is 4.74 Å². The van der Waals surface area contributed by atoms with E-state index in [1.54, 1.807) is 30.3 Å². The molecule has 0 fully saturated rings. The van der Waals surface area contributed by atoms with Gasteiger partial charge in [-0.2, -0.15) is 0 Å². The fourth-order valence-corrected chi connectivity index (χ4v) is 2.71. The molecule has 11 nitrogen and oxygen atoms in total. The molecule has 3 aromatic rings. The summed E-state index contributed by atoms with van der Waals surface area (Å²) in [6, 6.07) is 16.9. The minimum Gasteiger partial charge on any atom is -0.477 e. The maximum Gasteiger partial charge on any atom is 0.352 e. The number of ether oxygens (including phenoxy) is 1. The van der Waals surface area contributed by atoms with Crippen molar-refractivity contribution in [1.29, 1.82) is 0 Å². The monoisotopic (exact) mass is 449 g/mol. The molecule has 0 radical (unpaired) electrons. The molecule has 0 spiro atoms. The number of rotatable bonds is 8. The van der Waals surface area contributed by atoms with Crippen LogP contribution in [0.1, 0.15) is 15.9 Å². The van der Waals surface area contributed by atoms with Gasteiger partial charge in [0.05, 0.1) is 15.9 Å². The first-order valence-corrected chi connectivity index (χ1v) is 9.27. The molecule has 0 aliphatic rings. The number of benzene rings is 3. The molecular weight excluding hydrogens is 434 g/mol. The van der Waals surface area contributed by atoms with Crippen molar-refractivity contribution in [3.63, 3.8) is 0 Å². The summed E-state index contributed by atoms with van der Waals surface area (Å²) in [6.45, 7) is 0. The van der Waals surface area contributed by atoms with Gasteiger partial charge < -0.3 is 15.2 Å². The van der Waals surface area contributed by atoms with E-state index < -0.39 is 33.1 Å². The molecule has 33 heavy (non-hydrogen) atoms. The van der Waals surface area contributed by atoms with Crippen molar-refractivity contribution in [2.75, 3.05) is 0 Å². The van der Waals surface area contributed by atoms with Gasteiger partial charge in [0.2, 0.25) is 5.75 Å². The quantitative estimate of drug-likeness (QED) is 0.294. The van der Waals surface area contributed by atoms with Crippen molar-refractivity contribution in [2.45, 2.75) is 0 Å². The van der Waals surface area contributed by atoms with Gasteiger partial charge >= 0.3 is 11.7 Å². The maximum atomic E-state index is 12.2. The summed E-state index contributed by atoms with van der Waals surface area (Å²) in [4.78, 5) is 44.3. The smallest absolute Gasteiger partial charge is 0.352 e. The lowest BCUT2D eigenvalue weighted by atomic mass is 10.1. The van der Waals surface area contributed by atoms with Crippen LogP contribution >= 0.6 is 0 Å². The van der Waals surface area contributed by atoms with Crippen LogP contribution in [0.5, 0.6) is 11.5 Å². The molecule has 166 valence electrons. The van der Waals surface area contributed by atoms with Gasteiger partial charge in [-0.1, -0.05) is 30.3 Å². The lowest BCUT2D eigenvalue weighted by Gasteiger charge is -2.08. The number of carboxylic acids is 1. The van der Waals surface area contributed by atoms with Crippen molar-refractivity contribution in [2.24, 2.45) is 0 Å². The number of hydrogen-bond acceptors (Lipinski definition) is 7. The zero-order valence-electron chi connectivity index (χ0n) is 16.7. The molecule has 0 unspecified atom stereocenters. The molecule has 0 atom stereocenters. The molecule has 1 amide bonds. The molecule has 0 aliphatic heterocycles. The number of amides is 1. The third-order valence-corrected chi connectivity index (χ3v) is 4.28. The molecule has 0 aromatic heterocycles. The van der Waals surface area contributed by atoms with Gasteiger partial charge in [0.25, 0.3) is 11.6 Å². The number of carbonyl (C=O) groups is 2. The van der Waals surface area contributed by atoms with E-state index in [-0.39, 0.29) is 22.8 Å². The lowest BCUT2D eigenvalue weighted by molar-refractivity contribution is -0.394. The summed E-state index contributed by atoms with van der Waals surface area (Å²) in [7, 11) is 0. The third kappa shape index (κ3) is 5.76. The molecule has 0 heterocycles. The summed E-state index contributed by atoms with van der Waals surface area (Å²) in [5.74, 6) is -1.96. The number of aliphatic carboxylic acids is 1. The normalized spacial score (nSPS) is 10.8. The largest absolute Gasteiger partial charge is 0.477 e. The molecule has 0 aliphatic carbocycles. The van der Waals surface area contributed by atoms with E-state index in [9.17, 15) is 34.9 Å². The zero-order valence-corrected chi connectivity index (χ0v) is 16.7. The fourth-order valence-electron chi connectivity index (χ4n) is 2.71. The lowest BCUT2D eigenvalue weighted by Crippen LogP contribution is -2.27. The Labute approximate surface area is 185 Å². The van der Waals surface area contributed by atoms with Crippen LogP contribution in [0.3, 0.4) is 0 Å².